The summed E-state index contributed by atoms with van der Waals surface area (Å²) in [6.07, 6.45) is 0. The normalized spacial score (nSPS) is 12.2. The van der Waals surface area contributed by atoms with Gasteiger partial charge < -0.3 is 4.74 Å². The van der Waals surface area contributed by atoms with Crippen LogP contribution in [0.5, 0.6) is 5.75 Å². The number of hydrazine groups is 1. The number of rotatable bonds is 4. The van der Waals surface area contributed by atoms with Crippen molar-refractivity contribution in [1.82, 2.24) is 5.43 Å². The van der Waals surface area contributed by atoms with Gasteiger partial charge in [-0.05, 0) is 48.7 Å². The largest absolute Gasteiger partial charge is 0.496 e. The Bertz CT molecular complexity index is 613. The minimum Gasteiger partial charge on any atom is -0.496 e. The van der Waals surface area contributed by atoms with Gasteiger partial charge in [-0.1, -0.05) is 34.1 Å². The van der Waals surface area contributed by atoms with E-state index in [9.17, 15) is 0 Å². The van der Waals surface area contributed by atoms with E-state index in [0.29, 0.717) is 0 Å². The summed E-state index contributed by atoms with van der Waals surface area (Å²) < 4.78 is 6.56. The van der Waals surface area contributed by atoms with Crippen molar-refractivity contribution in [1.29, 1.82) is 0 Å². The number of ether oxygens (including phenoxy) is 1. The third-order valence-corrected chi connectivity index (χ3v) is 3.84. The van der Waals surface area contributed by atoms with E-state index in [0.717, 1.165) is 26.9 Å². The standard InChI is InChI=1S/C16H19BrN2O/c1-10-7-11(2)15(14(8-10)20-3)16(19-18)12-5-4-6-13(17)9-12/h4-9,16,19H,18H2,1-3H3. The first-order valence-corrected chi connectivity index (χ1v) is 7.23. The van der Waals surface area contributed by atoms with Gasteiger partial charge in [0.25, 0.3) is 0 Å². The molecule has 0 heterocycles. The van der Waals surface area contributed by atoms with Gasteiger partial charge in [-0.15, -0.1) is 0 Å². The monoisotopic (exact) mass is 334 g/mol. The number of benzene rings is 2. The number of hydrogen-bond donors (Lipinski definition) is 2. The van der Waals surface area contributed by atoms with Gasteiger partial charge in [0.1, 0.15) is 5.75 Å². The van der Waals surface area contributed by atoms with Gasteiger partial charge in [0.15, 0.2) is 0 Å². The number of halogens is 1. The van der Waals surface area contributed by atoms with Gasteiger partial charge in [0.05, 0.1) is 13.2 Å². The van der Waals surface area contributed by atoms with Crippen LogP contribution in [0.2, 0.25) is 0 Å². The predicted octanol–water partition coefficient (Wildman–Crippen LogP) is 3.63. The van der Waals surface area contributed by atoms with E-state index in [2.05, 4.69) is 47.3 Å². The van der Waals surface area contributed by atoms with Crippen LogP contribution in [0.15, 0.2) is 40.9 Å². The first kappa shape index (κ1) is 15.0. The molecule has 0 saturated carbocycles. The molecule has 106 valence electrons. The van der Waals surface area contributed by atoms with Gasteiger partial charge in [0, 0.05) is 10.0 Å². The second-order valence-corrected chi connectivity index (χ2v) is 5.77. The molecule has 1 atom stereocenters. The molecule has 2 aromatic carbocycles. The van der Waals surface area contributed by atoms with Crippen LogP contribution < -0.4 is 16.0 Å². The second-order valence-electron chi connectivity index (χ2n) is 4.85. The van der Waals surface area contributed by atoms with Crippen molar-refractivity contribution in [3.05, 3.63) is 63.1 Å². The lowest BCUT2D eigenvalue weighted by Crippen LogP contribution is -2.29. The highest BCUT2D eigenvalue weighted by Crippen LogP contribution is 2.34. The lowest BCUT2D eigenvalue weighted by Gasteiger charge is -2.22. The van der Waals surface area contributed by atoms with Crippen LogP contribution in [0, 0.1) is 13.8 Å². The second kappa shape index (κ2) is 6.39. The average Bonchev–Trinajstić information content (AvgIpc) is 2.41. The zero-order valence-electron chi connectivity index (χ0n) is 11.9. The van der Waals surface area contributed by atoms with E-state index in [1.54, 1.807) is 7.11 Å². The fourth-order valence-corrected chi connectivity index (χ4v) is 2.93. The molecule has 4 heteroatoms. The maximum atomic E-state index is 5.80. The highest BCUT2D eigenvalue weighted by Gasteiger charge is 2.20. The van der Waals surface area contributed by atoms with Crippen LogP contribution in [0.25, 0.3) is 0 Å². The summed E-state index contributed by atoms with van der Waals surface area (Å²) >= 11 is 3.50. The molecule has 0 saturated heterocycles. The van der Waals surface area contributed by atoms with Crippen molar-refractivity contribution in [2.45, 2.75) is 19.9 Å². The molecule has 0 bridgehead atoms. The summed E-state index contributed by atoms with van der Waals surface area (Å²) in [5, 5.41) is 0. The van der Waals surface area contributed by atoms with Crippen molar-refractivity contribution in [3.8, 4) is 5.75 Å². The van der Waals surface area contributed by atoms with Crippen LogP contribution in [-0.2, 0) is 0 Å². The van der Waals surface area contributed by atoms with E-state index >= 15 is 0 Å². The number of aryl methyl sites for hydroxylation is 2. The predicted molar refractivity (Wildman–Crippen MR) is 85.8 cm³/mol. The minimum atomic E-state index is -0.108. The summed E-state index contributed by atoms with van der Waals surface area (Å²) in [6.45, 7) is 4.14. The summed E-state index contributed by atoms with van der Waals surface area (Å²) in [5.74, 6) is 6.65. The first-order chi connectivity index (χ1) is 9.56. The third-order valence-electron chi connectivity index (χ3n) is 3.35. The van der Waals surface area contributed by atoms with Gasteiger partial charge >= 0.3 is 0 Å². The Morgan fingerprint density at radius 3 is 2.55 bits per heavy atom. The molecule has 2 aromatic rings. The topological polar surface area (TPSA) is 47.3 Å². The molecule has 0 radical (unpaired) electrons. The van der Waals surface area contributed by atoms with Crippen molar-refractivity contribution in [2.75, 3.05) is 7.11 Å². The Hall–Kier alpha value is -1.36. The smallest absolute Gasteiger partial charge is 0.124 e. The molecule has 0 aliphatic carbocycles. The Balaban J connectivity index is 2.57. The number of methoxy groups -OCH3 is 1. The van der Waals surface area contributed by atoms with Gasteiger partial charge in [0.2, 0.25) is 0 Å². The Kier molecular flexibility index (Phi) is 4.81. The fraction of sp³-hybridized carbons (Fsp3) is 0.250. The van der Waals surface area contributed by atoms with Crippen molar-refractivity contribution < 1.29 is 4.74 Å². The number of nitrogens with one attached hydrogen (secondary N) is 1. The molecule has 20 heavy (non-hydrogen) atoms. The lowest BCUT2D eigenvalue weighted by atomic mass is 9.93. The van der Waals surface area contributed by atoms with Crippen LogP contribution in [0.1, 0.15) is 28.3 Å². The van der Waals surface area contributed by atoms with Crippen LogP contribution in [-0.4, -0.2) is 7.11 Å². The molecule has 0 aliphatic heterocycles. The van der Waals surface area contributed by atoms with Gasteiger partial charge in [-0.3, -0.25) is 5.84 Å². The molecular weight excluding hydrogens is 316 g/mol. The Morgan fingerprint density at radius 2 is 1.95 bits per heavy atom. The van der Waals surface area contributed by atoms with Gasteiger partial charge in [-0.2, -0.15) is 0 Å². The molecular formula is C16H19BrN2O. The van der Waals surface area contributed by atoms with E-state index in [1.165, 1.54) is 5.56 Å². The van der Waals surface area contributed by atoms with Crippen LogP contribution in [0.3, 0.4) is 0 Å². The number of nitrogens with two attached hydrogens (primary N) is 1. The Labute approximate surface area is 128 Å². The fourth-order valence-electron chi connectivity index (χ4n) is 2.51. The summed E-state index contributed by atoms with van der Waals surface area (Å²) in [5.41, 5.74) is 7.39. The minimum absolute atomic E-state index is 0.108. The lowest BCUT2D eigenvalue weighted by molar-refractivity contribution is 0.403. The van der Waals surface area contributed by atoms with Crippen molar-refractivity contribution in [3.63, 3.8) is 0 Å². The summed E-state index contributed by atoms with van der Waals surface area (Å²) in [6, 6.07) is 12.2. The highest BCUT2D eigenvalue weighted by atomic mass is 79.9. The zero-order valence-corrected chi connectivity index (χ0v) is 13.5. The van der Waals surface area contributed by atoms with E-state index in [1.807, 2.05) is 24.3 Å². The van der Waals surface area contributed by atoms with Gasteiger partial charge in [-0.25, -0.2) is 5.43 Å². The molecule has 0 aliphatic rings. The maximum absolute atomic E-state index is 5.80. The molecule has 2 rings (SSSR count). The van der Waals surface area contributed by atoms with E-state index in [-0.39, 0.29) is 6.04 Å². The summed E-state index contributed by atoms with van der Waals surface area (Å²) in [7, 11) is 1.69. The molecule has 0 aromatic heterocycles. The van der Waals surface area contributed by atoms with Crippen molar-refractivity contribution >= 4 is 15.9 Å². The molecule has 3 nitrogen and oxygen atoms in total. The zero-order chi connectivity index (χ0) is 14.7. The third kappa shape index (κ3) is 3.03. The highest BCUT2D eigenvalue weighted by molar-refractivity contribution is 9.10. The van der Waals surface area contributed by atoms with Crippen LogP contribution in [0.4, 0.5) is 0 Å². The summed E-state index contributed by atoms with van der Waals surface area (Å²) in [4.78, 5) is 0. The maximum Gasteiger partial charge on any atom is 0.124 e. The first-order valence-electron chi connectivity index (χ1n) is 6.43. The number of hydrogen-bond acceptors (Lipinski definition) is 3. The molecule has 0 amide bonds. The van der Waals surface area contributed by atoms with E-state index in [4.69, 9.17) is 10.6 Å². The molecule has 3 N–H and O–H groups in total. The van der Waals surface area contributed by atoms with Crippen LogP contribution >= 0.6 is 15.9 Å². The molecule has 1 unspecified atom stereocenters. The SMILES string of the molecule is COc1cc(C)cc(C)c1C(NN)c1cccc(Br)c1. The van der Waals surface area contributed by atoms with E-state index < -0.39 is 0 Å². The quantitative estimate of drug-likeness (QED) is 0.663. The average molecular weight is 335 g/mol. The Morgan fingerprint density at radius 1 is 1.20 bits per heavy atom. The molecule has 0 spiro atoms. The van der Waals surface area contributed by atoms with Crippen molar-refractivity contribution in [2.24, 2.45) is 5.84 Å². The molecule has 0 fully saturated rings.